The summed E-state index contributed by atoms with van der Waals surface area (Å²) in [7, 11) is -3.04. The molecule has 0 spiro atoms. The van der Waals surface area contributed by atoms with Gasteiger partial charge in [-0.3, -0.25) is 4.79 Å². The summed E-state index contributed by atoms with van der Waals surface area (Å²) in [5, 5.41) is 0. The highest BCUT2D eigenvalue weighted by Gasteiger charge is 2.41. The standard InChI is InChI=1S/C16H17BrFNO3S/c17-12-2-5-15(18)11(9-12)1-6-16(20)19(13-3-4-13)14-7-8-23(21,22)10-14/h1-2,5-6,9,13-14H,3-4,7-8,10H2/b6-1+. The van der Waals surface area contributed by atoms with E-state index in [2.05, 4.69) is 15.9 Å². The van der Waals surface area contributed by atoms with Gasteiger partial charge in [0, 0.05) is 28.2 Å². The smallest absolute Gasteiger partial charge is 0.247 e. The van der Waals surface area contributed by atoms with Crippen molar-refractivity contribution in [2.45, 2.75) is 31.3 Å². The van der Waals surface area contributed by atoms with Crippen LogP contribution < -0.4 is 0 Å². The van der Waals surface area contributed by atoms with Crippen molar-refractivity contribution in [3.8, 4) is 0 Å². The molecule has 1 aromatic rings. The maximum absolute atomic E-state index is 13.7. The monoisotopic (exact) mass is 401 g/mol. The lowest BCUT2D eigenvalue weighted by atomic mass is 10.1. The second kappa shape index (κ2) is 6.36. The van der Waals surface area contributed by atoms with Crippen LogP contribution in [0.1, 0.15) is 24.8 Å². The van der Waals surface area contributed by atoms with Crippen molar-refractivity contribution in [2.75, 3.05) is 11.5 Å². The van der Waals surface area contributed by atoms with Crippen LogP contribution in [-0.4, -0.2) is 42.8 Å². The number of hydrogen-bond donors (Lipinski definition) is 0. The van der Waals surface area contributed by atoms with E-state index in [1.165, 1.54) is 18.2 Å². The molecule has 4 nitrogen and oxygen atoms in total. The minimum Gasteiger partial charge on any atom is -0.332 e. The molecule has 1 saturated heterocycles. The van der Waals surface area contributed by atoms with Gasteiger partial charge in [0.2, 0.25) is 5.91 Å². The lowest BCUT2D eigenvalue weighted by Gasteiger charge is -2.27. The third kappa shape index (κ3) is 4.01. The zero-order valence-electron chi connectivity index (χ0n) is 12.4. The van der Waals surface area contributed by atoms with Crippen LogP contribution in [0.5, 0.6) is 0 Å². The van der Waals surface area contributed by atoms with Crippen molar-refractivity contribution in [3.05, 3.63) is 40.1 Å². The summed E-state index contributed by atoms with van der Waals surface area (Å²) in [6.45, 7) is 0. The van der Waals surface area contributed by atoms with Gasteiger partial charge in [0.1, 0.15) is 5.82 Å². The molecule has 2 fully saturated rings. The summed E-state index contributed by atoms with van der Waals surface area (Å²) in [6, 6.07) is 4.39. The molecule has 3 rings (SSSR count). The van der Waals surface area contributed by atoms with Gasteiger partial charge in [0.15, 0.2) is 9.84 Å². The quantitative estimate of drug-likeness (QED) is 0.728. The highest BCUT2D eigenvalue weighted by atomic mass is 79.9. The normalized spacial score (nSPS) is 23.3. The van der Waals surface area contributed by atoms with Gasteiger partial charge in [-0.25, -0.2) is 12.8 Å². The molecule has 0 bridgehead atoms. The van der Waals surface area contributed by atoms with E-state index in [-0.39, 0.29) is 29.5 Å². The Hall–Kier alpha value is -1.21. The third-order valence-electron chi connectivity index (χ3n) is 4.16. The lowest BCUT2D eigenvalue weighted by molar-refractivity contribution is -0.128. The molecule has 1 aliphatic carbocycles. The number of halogens is 2. The number of carbonyl (C=O) groups excluding carboxylic acids is 1. The summed E-state index contributed by atoms with van der Waals surface area (Å²) < 4.78 is 37.8. The maximum atomic E-state index is 13.7. The van der Waals surface area contributed by atoms with Gasteiger partial charge in [-0.1, -0.05) is 15.9 Å². The van der Waals surface area contributed by atoms with Gasteiger partial charge in [0.25, 0.3) is 0 Å². The number of nitrogens with zero attached hydrogens (tertiary/aromatic N) is 1. The molecule has 1 aromatic carbocycles. The predicted octanol–water partition coefficient (Wildman–Crippen LogP) is 2.78. The highest BCUT2D eigenvalue weighted by molar-refractivity contribution is 9.10. The van der Waals surface area contributed by atoms with E-state index in [0.717, 1.165) is 17.3 Å². The number of sulfone groups is 1. The van der Waals surface area contributed by atoms with Crippen molar-refractivity contribution in [3.63, 3.8) is 0 Å². The molecular formula is C16H17BrFNO3S. The summed E-state index contributed by atoms with van der Waals surface area (Å²) >= 11 is 3.27. The first-order valence-electron chi connectivity index (χ1n) is 7.51. The van der Waals surface area contributed by atoms with Crippen molar-refractivity contribution in [1.29, 1.82) is 0 Å². The first kappa shape index (κ1) is 16.6. The molecule has 1 saturated carbocycles. The van der Waals surface area contributed by atoms with Crippen LogP contribution in [-0.2, 0) is 14.6 Å². The molecule has 0 radical (unpaired) electrons. The van der Waals surface area contributed by atoms with Gasteiger partial charge < -0.3 is 4.90 Å². The average molecular weight is 402 g/mol. The Labute approximate surface area is 143 Å². The van der Waals surface area contributed by atoms with E-state index in [1.807, 2.05) is 0 Å². The predicted molar refractivity (Wildman–Crippen MR) is 90.1 cm³/mol. The first-order chi connectivity index (χ1) is 10.9. The summed E-state index contributed by atoms with van der Waals surface area (Å²) in [4.78, 5) is 14.2. The molecule has 1 aliphatic heterocycles. The number of hydrogen-bond acceptors (Lipinski definition) is 3. The zero-order chi connectivity index (χ0) is 16.6. The van der Waals surface area contributed by atoms with Crippen molar-refractivity contribution in [2.24, 2.45) is 0 Å². The van der Waals surface area contributed by atoms with Crippen LogP contribution in [0.2, 0.25) is 0 Å². The van der Waals surface area contributed by atoms with Crippen molar-refractivity contribution >= 4 is 37.8 Å². The second-order valence-electron chi connectivity index (χ2n) is 6.03. The number of amides is 1. The molecule has 124 valence electrons. The number of benzene rings is 1. The van der Waals surface area contributed by atoms with Crippen molar-refractivity contribution in [1.82, 2.24) is 4.90 Å². The van der Waals surface area contributed by atoms with E-state index in [0.29, 0.717) is 12.0 Å². The van der Waals surface area contributed by atoms with Gasteiger partial charge in [0.05, 0.1) is 11.5 Å². The molecule has 23 heavy (non-hydrogen) atoms. The second-order valence-corrected chi connectivity index (χ2v) is 9.18. The Morgan fingerprint density at radius 1 is 1.26 bits per heavy atom. The van der Waals surface area contributed by atoms with E-state index < -0.39 is 15.7 Å². The third-order valence-corrected chi connectivity index (χ3v) is 6.40. The van der Waals surface area contributed by atoms with E-state index in [9.17, 15) is 17.6 Å². The Balaban J connectivity index is 1.77. The first-order valence-corrected chi connectivity index (χ1v) is 10.1. The van der Waals surface area contributed by atoms with Gasteiger partial charge >= 0.3 is 0 Å². The molecule has 0 N–H and O–H groups in total. The minimum absolute atomic E-state index is 0.0360. The fraction of sp³-hybridized carbons (Fsp3) is 0.438. The van der Waals surface area contributed by atoms with E-state index in [4.69, 9.17) is 0 Å². The topological polar surface area (TPSA) is 54.5 Å². The van der Waals surface area contributed by atoms with Gasteiger partial charge in [-0.05, 0) is 43.5 Å². The Morgan fingerprint density at radius 3 is 2.61 bits per heavy atom. The SMILES string of the molecule is O=C(/C=C/c1cc(Br)ccc1F)N(C1CC1)C1CCS(=O)(=O)C1. The van der Waals surface area contributed by atoms with Crippen LogP contribution in [0.15, 0.2) is 28.7 Å². The van der Waals surface area contributed by atoms with Gasteiger partial charge in [-0.15, -0.1) is 0 Å². The maximum Gasteiger partial charge on any atom is 0.247 e. The molecular weight excluding hydrogens is 385 g/mol. The summed E-state index contributed by atoms with van der Waals surface area (Å²) in [5.74, 6) is -0.473. The molecule has 1 heterocycles. The summed E-state index contributed by atoms with van der Waals surface area (Å²) in [5.41, 5.74) is 0.322. The fourth-order valence-corrected chi connectivity index (χ4v) is 4.99. The molecule has 1 amide bonds. The van der Waals surface area contributed by atoms with E-state index >= 15 is 0 Å². The van der Waals surface area contributed by atoms with Crippen LogP contribution >= 0.6 is 15.9 Å². The molecule has 2 aliphatic rings. The zero-order valence-corrected chi connectivity index (χ0v) is 14.8. The fourth-order valence-electron chi connectivity index (χ4n) is 2.89. The Kier molecular flexibility index (Phi) is 4.60. The van der Waals surface area contributed by atoms with Crippen LogP contribution in [0, 0.1) is 5.82 Å². The lowest BCUT2D eigenvalue weighted by Crippen LogP contribution is -2.41. The van der Waals surface area contributed by atoms with Gasteiger partial charge in [-0.2, -0.15) is 0 Å². The molecule has 1 atom stereocenters. The Morgan fingerprint density at radius 2 is 2.00 bits per heavy atom. The molecule has 0 aromatic heterocycles. The number of rotatable bonds is 4. The Bertz CT molecular complexity index is 759. The number of carbonyl (C=O) groups is 1. The average Bonchev–Trinajstić information content (AvgIpc) is 3.24. The van der Waals surface area contributed by atoms with Crippen LogP contribution in [0.3, 0.4) is 0 Å². The minimum atomic E-state index is -3.04. The molecule has 1 unspecified atom stereocenters. The van der Waals surface area contributed by atoms with Crippen LogP contribution in [0.25, 0.3) is 6.08 Å². The molecule has 7 heteroatoms. The highest BCUT2D eigenvalue weighted by Crippen LogP contribution is 2.32. The van der Waals surface area contributed by atoms with Crippen molar-refractivity contribution < 1.29 is 17.6 Å². The van der Waals surface area contributed by atoms with Crippen LogP contribution in [0.4, 0.5) is 4.39 Å². The summed E-state index contributed by atoms with van der Waals surface area (Å²) in [6.07, 6.45) is 5.09. The van der Waals surface area contributed by atoms with E-state index in [1.54, 1.807) is 17.0 Å². The largest absolute Gasteiger partial charge is 0.332 e.